The smallest absolute Gasteiger partial charge is 0.231 e. The monoisotopic (exact) mass is 317 g/mol. The Labute approximate surface area is 124 Å². The molecule has 0 saturated carbocycles. The third kappa shape index (κ3) is 3.38. The Hall–Kier alpha value is -1.96. The highest BCUT2D eigenvalue weighted by Crippen LogP contribution is 2.31. The number of thiazole rings is 1. The van der Waals surface area contributed by atoms with E-state index in [1.807, 2.05) is 14.1 Å². The summed E-state index contributed by atoms with van der Waals surface area (Å²) in [5.41, 5.74) is -0.377. The fourth-order valence-corrected chi connectivity index (χ4v) is 2.56. The van der Waals surface area contributed by atoms with Crippen LogP contribution in [0.5, 0.6) is 5.88 Å². The summed E-state index contributed by atoms with van der Waals surface area (Å²) in [6, 6.07) is 1.25. The highest BCUT2D eigenvalue weighted by molar-refractivity contribution is 7.15. The summed E-state index contributed by atoms with van der Waals surface area (Å²) in [7, 11) is 5.13. The highest BCUT2D eigenvalue weighted by Gasteiger charge is 2.16. The Morgan fingerprint density at radius 3 is 2.38 bits per heavy atom. The molecule has 4 nitrogen and oxygen atoms in total. The van der Waals surface area contributed by atoms with Crippen molar-refractivity contribution in [2.24, 2.45) is 0 Å². The van der Waals surface area contributed by atoms with Gasteiger partial charge in [-0.25, -0.2) is 13.2 Å². The number of rotatable bonds is 5. The molecule has 1 heterocycles. The first-order valence-electron chi connectivity index (χ1n) is 6.01. The lowest BCUT2D eigenvalue weighted by Gasteiger charge is -2.08. The van der Waals surface area contributed by atoms with Gasteiger partial charge < -0.3 is 15.0 Å². The molecule has 0 aliphatic rings. The molecule has 21 heavy (non-hydrogen) atoms. The van der Waals surface area contributed by atoms with Gasteiger partial charge in [-0.1, -0.05) is 11.3 Å². The molecule has 2 rings (SSSR count). The van der Waals surface area contributed by atoms with Gasteiger partial charge in [0.05, 0.1) is 18.5 Å². The lowest BCUT2D eigenvalue weighted by Crippen LogP contribution is -2.07. The molecule has 0 unspecified atom stereocenters. The second-order valence-corrected chi connectivity index (χ2v) is 5.48. The van der Waals surface area contributed by atoms with Crippen LogP contribution in [-0.2, 0) is 6.54 Å². The van der Waals surface area contributed by atoms with Gasteiger partial charge >= 0.3 is 0 Å². The number of nitrogens with zero attached hydrogens (tertiary/aromatic N) is 2. The van der Waals surface area contributed by atoms with E-state index in [-0.39, 0.29) is 12.2 Å². The van der Waals surface area contributed by atoms with Crippen molar-refractivity contribution in [2.45, 2.75) is 6.54 Å². The Kier molecular flexibility index (Phi) is 4.56. The van der Waals surface area contributed by atoms with Crippen LogP contribution in [0.4, 0.5) is 24.0 Å². The van der Waals surface area contributed by atoms with Crippen LogP contribution < -0.4 is 15.0 Å². The van der Waals surface area contributed by atoms with Crippen LogP contribution in [0.15, 0.2) is 12.1 Å². The quantitative estimate of drug-likeness (QED) is 0.918. The van der Waals surface area contributed by atoms with Crippen molar-refractivity contribution in [3.05, 3.63) is 34.5 Å². The van der Waals surface area contributed by atoms with Crippen molar-refractivity contribution < 1.29 is 17.9 Å². The predicted octanol–water partition coefficient (Wildman–Crippen LogP) is 3.25. The minimum atomic E-state index is -0.983. The van der Waals surface area contributed by atoms with Crippen molar-refractivity contribution in [3.63, 3.8) is 0 Å². The van der Waals surface area contributed by atoms with Crippen molar-refractivity contribution in [1.82, 2.24) is 4.98 Å². The van der Waals surface area contributed by atoms with Crippen LogP contribution >= 0.6 is 11.3 Å². The fourth-order valence-electron chi connectivity index (χ4n) is 1.67. The summed E-state index contributed by atoms with van der Waals surface area (Å²) < 4.78 is 45.0. The molecule has 2 aromatic rings. The predicted molar refractivity (Wildman–Crippen MR) is 76.6 cm³/mol. The summed E-state index contributed by atoms with van der Waals surface area (Å²) in [6.45, 7) is 0.119. The van der Waals surface area contributed by atoms with Gasteiger partial charge in [-0.15, -0.1) is 0 Å². The van der Waals surface area contributed by atoms with E-state index in [9.17, 15) is 13.2 Å². The van der Waals surface area contributed by atoms with E-state index < -0.39 is 17.5 Å². The van der Waals surface area contributed by atoms with Gasteiger partial charge in [0.1, 0.15) is 11.5 Å². The van der Waals surface area contributed by atoms with Gasteiger partial charge in [0.2, 0.25) is 5.88 Å². The van der Waals surface area contributed by atoms with Gasteiger partial charge in [0, 0.05) is 26.2 Å². The first-order valence-corrected chi connectivity index (χ1v) is 6.83. The molecule has 1 N–H and O–H groups in total. The normalized spacial score (nSPS) is 10.6. The van der Waals surface area contributed by atoms with Crippen molar-refractivity contribution in [1.29, 1.82) is 0 Å². The molecule has 1 aromatic carbocycles. The number of ether oxygens (including phenoxy) is 1. The van der Waals surface area contributed by atoms with E-state index >= 15 is 0 Å². The standard InChI is InChI=1S/C13H14F3N3OS/c1-19(2)13-18-12(20-3)10(21-13)6-17-11-8(15)4-7(14)5-9(11)16/h4-5,17H,6H2,1-3H3. The van der Waals surface area contributed by atoms with Crippen molar-refractivity contribution in [2.75, 3.05) is 31.4 Å². The molecule has 0 bridgehead atoms. The maximum atomic E-state index is 13.5. The third-order valence-corrected chi connectivity index (χ3v) is 3.86. The first kappa shape index (κ1) is 15.4. The number of hydrogen-bond donors (Lipinski definition) is 1. The summed E-state index contributed by atoms with van der Waals surface area (Å²) in [4.78, 5) is 6.72. The van der Waals surface area contributed by atoms with Crippen LogP contribution in [0.2, 0.25) is 0 Å². The first-order chi connectivity index (χ1) is 9.92. The largest absolute Gasteiger partial charge is 0.480 e. The minimum absolute atomic E-state index is 0.119. The SMILES string of the molecule is COc1nc(N(C)C)sc1CNc1c(F)cc(F)cc1F. The summed E-state index contributed by atoms with van der Waals surface area (Å²) in [5.74, 6) is -2.53. The molecule has 0 fully saturated rings. The Morgan fingerprint density at radius 1 is 1.24 bits per heavy atom. The number of hydrogen-bond acceptors (Lipinski definition) is 5. The molecule has 0 atom stereocenters. The second-order valence-electron chi connectivity index (χ2n) is 4.42. The van der Waals surface area contributed by atoms with E-state index in [1.165, 1.54) is 18.4 Å². The zero-order chi connectivity index (χ0) is 15.6. The Morgan fingerprint density at radius 2 is 1.86 bits per heavy atom. The van der Waals surface area contributed by atoms with E-state index in [0.717, 1.165) is 0 Å². The second kappa shape index (κ2) is 6.21. The zero-order valence-electron chi connectivity index (χ0n) is 11.7. The van der Waals surface area contributed by atoms with Crippen molar-refractivity contribution in [3.8, 4) is 5.88 Å². The molecule has 0 aliphatic heterocycles. The lowest BCUT2D eigenvalue weighted by molar-refractivity contribution is 0.397. The highest BCUT2D eigenvalue weighted by atomic mass is 32.1. The van der Waals surface area contributed by atoms with E-state index in [4.69, 9.17) is 4.74 Å². The number of methoxy groups -OCH3 is 1. The Balaban J connectivity index is 2.20. The molecule has 0 amide bonds. The number of halogens is 3. The van der Waals surface area contributed by atoms with Gasteiger partial charge in [0.15, 0.2) is 16.8 Å². The molecule has 0 radical (unpaired) electrons. The van der Waals surface area contributed by atoms with E-state index in [1.54, 1.807) is 4.90 Å². The van der Waals surface area contributed by atoms with E-state index in [2.05, 4.69) is 10.3 Å². The number of anilines is 2. The van der Waals surface area contributed by atoms with Crippen LogP contribution in [0.25, 0.3) is 0 Å². The molecule has 114 valence electrons. The molecule has 0 spiro atoms. The maximum absolute atomic E-state index is 13.5. The van der Waals surface area contributed by atoms with Gasteiger partial charge in [-0.3, -0.25) is 0 Å². The van der Waals surface area contributed by atoms with Gasteiger partial charge in [-0.05, 0) is 0 Å². The van der Waals surface area contributed by atoms with Crippen LogP contribution in [-0.4, -0.2) is 26.2 Å². The van der Waals surface area contributed by atoms with Crippen LogP contribution in [0.1, 0.15) is 4.88 Å². The van der Waals surface area contributed by atoms with Crippen LogP contribution in [0, 0.1) is 17.5 Å². The molecule has 0 aliphatic carbocycles. The molecule has 0 saturated heterocycles. The lowest BCUT2D eigenvalue weighted by atomic mass is 10.2. The minimum Gasteiger partial charge on any atom is -0.480 e. The van der Waals surface area contributed by atoms with E-state index in [0.29, 0.717) is 28.0 Å². The van der Waals surface area contributed by atoms with Gasteiger partial charge in [0.25, 0.3) is 0 Å². The zero-order valence-corrected chi connectivity index (χ0v) is 12.5. The molecule has 1 aromatic heterocycles. The fraction of sp³-hybridized carbons (Fsp3) is 0.308. The van der Waals surface area contributed by atoms with Crippen LogP contribution in [0.3, 0.4) is 0 Å². The van der Waals surface area contributed by atoms with Gasteiger partial charge in [-0.2, -0.15) is 4.98 Å². The molecule has 8 heteroatoms. The van der Waals surface area contributed by atoms with Crippen molar-refractivity contribution >= 4 is 22.2 Å². The summed E-state index contributed by atoms with van der Waals surface area (Å²) in [6.07, 6.45) is 0. The summed E-state index contributed by atoms with van der Waals surface area (Å²) >= 11 is 1.33. The molecular formula is C13H14F3N3OS. The maximum Gasteiger partial charge on any atom is 0.231 e. The topological polar surface area (TPSA) is 37.4 Å². The average Bonchev–Trinajstić information content (AvgIpc) is 2.81. The number of benzene rings is 1. The summed E-state index contributed by atoms with van der Waals surface area (Å²) in [5, 5.41) is 3.32. The average molecular weight is 317 g/mol. The third-order valence-electron chi connectivity index (χ3n) is 2.66. The molecular weight excluding hydrogens is 303 g/mol. The Bertz CT molecular complexity index is 623. The number of aromatic nitrogens is 1. The number of nitrogens with one attached hydrogen (secondary N) is 1.